The second-order valence-corrected chi connectivity index (χ2v) is 4.72. The van der Waals surface area contributed by atoms with Gasteiger partial charge in [0, 0.05) is 5.38 Å². The van der Waals surface area contributed by atoms with Crippen LogP contribution in [-0.4, -0.2) is 27.1 Å². The van der Waals surface area contributed by atoms with Crippen molar-refractivity contribution in [2.45, 2.75) is 12.5 Å². The molecule has 0 aliphatic heterocycles. The van der Waals surface area contributed by atoms with Gasteiger partial charge in [-0.25, -0.2) is 0 Å². The number of hydrogen-bond donors (Lipinski definition) is 2. The van der Waals surface area contributed by atoms with Crippen LogP contribution in [0, 0.1) is 0 Å². The average molecular weight is 263 g/mol. The highest BCUT2D eigenvalue weighted by Gasteiger charge is 2.24. The van der Waals surface area contributed by atoms with Gasteiger partial charge in [-0.05, 0) is 24.0 Å². The molecule has 0 radical (unpaired) electrons. The van der Waals surface area contributed by atoms with Crippen molar-refractivity contribution in [2.24, 2.45) is 0 Å². The summed E-state index contributed by atoms with van der Waals surface area (Å²) in [4.78, 5) is 11.7. The fourth-order valence-electron chi connectivity index (χ4n) is 1.51. The van der Waals surface area contributed by atoms with Crippen LogP contribution in [0.3, 0.4) is 0 Å². The molecular formula is C12H13N3O2S. The number of rotatable bonds is 4. The molecule has 94 valence electrons. The van der Waals surface area contributed by atoms with Crippen molar-refractivity contribution < 1.29 is 9.90 Å². The van der Waals surface area contributed by atoms with Gasteiger partial charge in [0.1, 0.15) is 5.60 Å². The minimum absolute atomic E-state index is 0.118. The highest BCUT2D eigenvalue weighted by Crippen LogP contribution is 2.18. The fourth-order valence-corrected chi connectivity index (χ4v) is 1.94. The van der Waals surface area contributed by atoms with E-state index in [2.05, 4.69) is 14.9 Å². The van der Waals surface area contributed by atoms with Gasteiger partial charge >= 0.3 is 0 Å². The standard InChI is InChI=1S/C12H13N3O2S/c1-12(17,9-5-3-2-4-6-9)8-13-11(16)10-7-18-15-14-10/h2-7,17H,8H2,1H3,(H,13,16). The molecule has 0 saturated heterocycles. The van der Waals surface area contributed by atoms with Crippen LogP contribution in [0.25, 0.3) is 0 Å². The predicted octanol–water partition coefficient (Wildman–Crippen LogP) is 1.18. The Morgan fingerprint density at radius 1 is 1.44 bits per heavy atom. The Hall–Kier alpha value is -1.79. The Balaban J connectivity index is 1.99. The van der Waals surface area contributed by atoms with Crippen LogP contribution < -0.4 is 5.32 Å². The molecule has 0 bridgehead atoms. The number of nitrogens with one attached hydrogen (secondary N) is 1. The summed E-state index contributed by atoms with van der Waals surface area (Å²) >= 11 is 1.11. The Labute approximate surface area is 109 Å². The summed E-state index contributed by atoms with van der Waals surface area (Å²) in [5, 5.41) is 18.1. The molecule has 5 nitrogen and oxygen atoms in total. The minimum Gasteiger partial charge on any atom is -0.384 e. The number of benzene rings is 1. The van der Waals surface area contributed by atoms with Gasteiger partial charge in [-0.15, -0.1) is 5.10 Å². The van der Waals surface area contributed by atoms with Gasteiger partial charge in [-0.2, -0.15) is 0 Å². The molecule has 2 N–H and O–H groups in total. The van der Waals surface area contributed by atoms with E-state index >= 15 is 0 Å². The van der Waals surface area contributed by atoms with Gasteiger partial charge < -0.3 is 10.4 Å². The lowest BCUT2D eigenvalue weighted by molar-refractivity contribution is 0.0525. The molecule has 6 heteroatoms. The van der Waals surface area contributed by atoms with Gasteiger partial charge in [0.15, 0.2) is 5.69 Å². The molecule has 1 heterocycles. The lowest BCUT2D eigenvalue weighted by atomic mass is 9.96. The molecule has 0 fully saturated rings. The highest BCUT2D eigenvalue weighted by molar-refractivity contribution is 7.03. The third-order valence-corrected chi connectivity index (χ3v) is 3.09. The molecule has 1 unspecified atom stereocenters. The molecule has 1 atom stereocenters. The zero-order chi connectivity index (χ0) is 13.0. The average Bonchev–Trinajstić information content (AvgIpc) is 2.91. The van der Waals surface area contributed by atoms with Crippen molar-refractivity contribution in [3.05, 3.63) is 47.0 Å². The van der Waals surface area contributed by atoms with Crippen molar-refractivity contribution in [1.82, 2.24) is 14.9 Å². The molecular weight excluding hydrogens is 250 g/mol. The summed E-state index contributed by atoms with van der Waals surface area (Å²) in [6.45, 7) is 1.77. The van der Waals surface area contributed by atoms with Gasteiger partial charge in [0.05, 0.1) is 6.54 Å². The van der Waals surface area contributed by atoms with E-state index in [4.69, 9.17) is 0 Å². The van der Waals surface area contributed by atoms with E-state index in [-0.39, 0.29) is 18.1 Å². The first-order chi connectivity index (χ1) is 8.59. The molecule has 0 aliphatic carbocycles. The highest BCUT2D eigenvalue weighted by atomic mass is 32.1. The molecule has 2 aromatic rings. The quantitative estimate of drug-likeness (QED) is 0.868. The third-order valence-electron chi connectivity index (χ3n) is 2.58. The molecule has 1 amide bonds. The Kier molecular flexibility index (Phi) is 3.69. The first-order valence-corrected chi connectivity index (χ1v) is 6.26. The maximum atomic E-state index is 11.7. The Bertz CT molecular complexity index is 511. The van der Waals surface area contributed by atoms with E-state index in [1.54, 1.807) is 12.3 Å². The van der Waals surface area contributed by atoms with E-state index in [0.29, 0.717) is 0 Å². The van der Waals surface area contributed by atoms with Gasteiger partial charge in [-0.3, -0.25) is 4.79 Å². The lowest BCUT2D eigenvalue weighted by Crippen LogP contribution is -2.38. The van der Waals surface area contributed by atoms with Crippen LogP contribution in [0.4, 0.5) is 0 Å². The van der Waals surface area contributed by atoms with Gasteiger partial charge in [-0.1, -0.05) is 34.8 Å². The number of carbonyl (C=O) groups excluding carboxylic acids is 1. The Morgan fingerprint density at radius 3 is 2.78 bits per heavy atom. The SMILES string of the molecule is CC(O)(CNC(=O)c1csnn1)c1ccccc1. The van der Waals surface area contributed by atoms with Crippen molar-refractivity contribution in [1.29, 1.82) is 0 Å². The molecule has 0 aliphatic rings. The molecule has 0 saturated carbocycles. The molecule has 1 aromatic heterocycles. The number of nitrogens with zero attached hydrogens (tertiary/aromatic N) is 2. The second kappa shape index (κ2) is 5.24. The summed E-state index contributed by atoms with van der Waals surface area (Å²) in [5.41, 5.74) is -0.0917. The van der Waals surface area contributed by atoms with E-state index < -0.39 is 5.60 Å². The summed E-state index contributed by atoms with van der Waals surface area (Å²) in [6.07, 6.45) is 0. The number of aliphatic hydroxyl groups is 1. The smallest absolute Gasteiger partial charge is 0.272 e. The number of amides is 1. The number of hydrogen-bond acceptors (Lipinski definition) is 5. The second-order valence-electron chi connectivity index (χ2n) is 4.11. The van der Waals surface area contributed by atoms with Crippen LogP contribution in [-0.2, 0) is 5.60 Å². The number of carbonyl (C=O) groups is 1. The fraction of sp³-hybridized carbons (Fsp3) is 0.250. The van der Waals surface area contributed by atoms with Gasteiger partial charge in [0.2, 0.25) is 0 Å². The summed E-state index contributed by atoms with van der Waals surface area (Å²) in [7, 11) is 0. The summed E-state index contributed by atoms with van der Waals surface area (Å²) in [6, 6.07) is 9.19. The van der Waals surface area contributed by atoms with Crippen LogP contribution >= 0.6 is 11.5 Å². The van der Waals surface area contributed by atoms with Crippen LogP contribution in [0.5, 0.6) is 0 Å². The zero-order valence-electron chi connectivity index (χ0n) is 9.83. The molecule has 0 spiro atoms. The molecule has 18 heavy (non-hydrogen) atoms. The maximum absolute atomic E-state index is 11.7. The van der Waals surface area contributed by atoms with Crippen molar-refractivity contribution >= 4 is 17.4 Å². The summed E-state index contributed by atoms with van der Waals surface area (Å²) < 4.78 is 3.61. The van der Waals surface area contributed by atoms with E-state index in [0.717, 1.165) is 17.1 Å². The van der Waals surface area contributed by atoms with Crippen molar-refractivity contribution in [2.75, 3.05) is 6.54 Å². The zero-order valence-corrected chi connectivity index (χ0v) is 10.6. The molecule has 1 aromatic carbocycles. The maximum Gasteiger partial charge on any atom is 0.272 e. The lowest BCUT2D eigenvalue weighted by Gasteiger charge is -2.23. The van der Waals surface area contributed by atoms with Crippen molar-refractivity contribution in [3.63, 3.8) is 0 Å². The third kappa shape index (κ3) is 2.91. The predicted molar refractivity (Wildman–Crippen MR) is 68.3 cm³/mol. The summed E-state index contributed by atoms with van der Waals surface area (Å²) in [5.74, 6) is -0.333. The largest absolute Gasteiger partial charge is 0.384 e. The van der Waals surface area contributed by atoms with Crippen LogP contribution in [0.15, 0.2) is 35.7 Å². The first kappa shape index (κ1) is 12.7. The number of aromatic nitrogens is 2. The van der Waals surface area contributed by atoms with E-state index in [1.165, 1.54) is 0 Å². The van der Waals surface area contributed by atoms with Crippen LogP contribution in [0.2, 0.25) is 0 Å². The molecule has 2 rings (SSSR count). The topological polar surface area (TPSA) is 75.1 Å². The Morgan fingerprint density at radius 2 is 2.17 bits per heavy atom. The van der Waals surface area contributed by atoms with E-state index in [9.17, 15) is 9.90 Å². The van der Waals surface area contributed by atoms with Gasteiger partial charge in [0.25, 0.3) is 5.91 Å². The van der Waals surface area contributed by atoms with Crippen LogP contribution in [0.1, 0.15) is 23.0 Å². The van der Waals surface area contributed by atoms with E-state index in [1.807, 2.05) is 30.3 Å². The normalized spacial score (nSPS) is 13.9. The minimum atomic E-state index is -1.11. The first-order valence-electron chi connectivity index (χ1n) is 5.43. The van der Waals surface area contributed by atoms with Crippen molar-refractivity contribution in [3.8, 4) is 0 Å². The monoisotopic (exact) mass is 263 g/mol.